The van der Waals surface area contributed by atoms with E-state index in [4.69, 9.17) is 15.3 Å². The molecule has 0 aromatic heterocycles. The van der Waals surface area contributed by atoms with Crippen molar-refractivity contribution in [2.24, 2.45) is 0 Å². The van der Waals surface area contributed by atoms with Gasteiger partial charge in [0.1, 0.15) is 11.3 Å². The summed E-state index contributed by atoms with van der Waals surface area (Å²) in [5.41, 5.74) is 0.109. The normalized spacial score (nSPS) is 8.56. The first-order valence-electron chi connectivity index (χ1n) is 4.26. The molecular weight excluding hydrogens is 212 g/mol. The van der Waals surface area contributed by atoms with Crippen molar-refractivity contribution in [3.05, 3.63) is 42.0 Å². The number of aliphatic carboxylic acids is 1. The summed E-state index contributed by atoms with van der Waals surface area (Å²) in [5, 5.41) is 25.2. The molecule has 0 spiro atoms. The Morgan fingerprint density at radius 2 is 1.62 bits per heavy atom. The number of hydrogen-bond donors (Lipinski definition) is 3. The lowest BCUT2D eigenvalue weighted by molar-refractivity contribution is -0.132. The second-order valence-electron chi connectivity index (χ2n) is 2.91. The third-order valence-corrected chi connectivity index (χ3v) is 1.50. The molecule has 0 unspecified atom stereocenters. The average Bonchev–Trinajstić information content (AvgIpc) is 2.18. The molecule has 1 aromatic carbocycles. The van der Waals surface area contributed by atoms with Crippen LogP contribution in [0.15, 0.2) is 36.4 Å². The summed E-state index contributed by atoms with van der Waals surface area (Å²) in [6.45, 7) is 4.60. The van der Waals surface area contributed by atoms with Crippen LogP contribution in [0.3, 0.4) is 0 Å². The van der Waals surface area contributed by atoms with Gasteiger partial charge >= 0.3 is 11.9 Å². The molecule has 16 heavy (non-hydrogen) atoms. The predicted molar refractivity (Wildman–Crippen MR) is 57.5 cm³/mol. The molecule has 5 nitrogen and oxygen atoms in total. The lowest BCUT2D eigenvalue weighted by atomic mass is 10.2. The Bertz CT molecular complexity index is 397. The van der Waals surface area contributed by atoms with Gasteiger partial charge in [0, 0.05) is 5.57 Å². The lowest BCUT2D eigenvalue weighted by Gasteiger charge is -1.95. The van der Waals surface area contributed by atoms with Crippen LogP contribution in [0, 0.1) is 0 Å². The number of carbonyl (C=O) groups is 2. The number of hydrogen-bond acceptors (Lipinski definition) is 3. The second-order valence-corrected chi connectivity index (χ2v) is 2.91. The standard InChI is InChI=1S/C7H6O3.C4H6O2/c8-6-4-2-1-3-5(6)7(9)10;1-3(2)4(5)6/h1-4,8H,(H,9,10);1H2,2H3,(H,5,6). The van der Waals surface area contributed by atoms with E-state index in [0.717, 1.165) is 0 Å². The molecule has 86 valence electrons. The van der Waals surface area contributed by atoms with Gasteiger partial charge < -0.3 is 15.3 Å². The Hall–Kier alpha value is -2.30. The van der Waals surface area contributed by atoms with Crippen LogP contribution in [0.25, 0.3) is 0 Å². The number of phenols is 1. The van der Waals surface area contributed by atoms with Crippen molar-refractivity contribution < 1.29 is 24.9 Å². The monoisotopic (exact) mass is 224 g/mol. The summed E-state index contributed by atoms with van der Waals surface area (Å²) in [5.74, 6) is -2.25. The van der Waals surface area contributed by atoms with E-state index in [2.05, 4.69) is 6.58 Å². The minimum Gasteiger partial charge on any atom is -0.507 e. The molecule has 0 atom stereocenters. The van der Waals surface area contributed by atoms with Crippen molar-refractivity contribution >= 4 is 11.9 Å². The van der Waals surface area contributed by atoms with Gasteiger partial charge in [-0.05, 0) is 19.1 Å². The maximum absolute atomic E-state index is 10.3. The lowest BCUT2D eigenvalue weighted by Crippen LogP contribution is -1.95. The molecule has 0 amide bonds. The summed E-state index contributed by atoms with van der Waals surface area (Å²) in [4.78, 5) is 19.9. The first kappa shape index (κ1) is 13.7. The van der Waals surface area contributed by atoms with Gasteiger partial charge in [-0.2, -0.15) is 0 Å². The average molecular weight is 224 g/mol. The zero-order valence-electron chi connectivity index (χ0n) is 8.67. The van der Waals surface area contributed by atoms with Gasteiger partial charge in [0.05, 0.1) is 0 Å². The van der Waals surface area contributed by atoms with E-state index in [-0.39, 0.29) is 16.9 Å². The maximum atomic E-state index is 10.3. The third kappa shape index (κ3) is 4.80. The molecule has 0 aliphatic heterocycles. The first-order valence-corrected chi connectivity index (χ1v) is 4.26. The zero-order valence-corrected chi connectivity index (χ0v) is 8.67. The highest BCUT2D eigenvalue weighted by atomic mass is 16.4. The van der Waals surface area contributed by atoms with Crippen LogP contribution in [0.2, 0.25) is 0 Å². The van der Waals surface area contributed by atoms with Crippen molar-refractivity contribution in [2.45, 2.75) is 6.92 Å². The number of para-hydroxylation sites is 1. The van der Waals surface area contributed by atoms with Gasteiger partial charge in [-0.15, -0.1) is 0 Å². The Labute approximate surface area is 92.3 Å². The number of carboxylic acids is 2. The van der Waals surface area contributed by atoms with Crippen molar-refractivity contribution in [3.63, 3.8) is 0 Å². The second kappa shape index (κ2) is 6.23. The molecular formula is C11H12O5. The number of aromatic hydroxyl groups is 1. The Kier molecular flexibility index (Phi) is 5.34. The highest BCUT2D eigenvalue weighted by Gasteiger charge is 2.05. The summed E-state index contributed by atoms with van der Waals surface area (Å²) >= 11 is 0. The van der Waals surface area contributed by atoms with Crippen LogP contribution in [0.1, 0.15) is 17.3 Å². The fourth-order valence-corrected chi connectivity index (χ4v) is 0.654. The van der Waals surface area contributed by atoms with Gasteiger partial charge in [-0.1, -0.05) is 18.7 Å². The predicted octanol–water partition coefficient (Wildman–Crippen LogP) is 1.74. The van der Waals surface area contributed by atoms with Crippen LogP contribution < -0.4 is 0 Å². The van der Waals surface area contributed by atoms with Crippen LogP contribution in [-0.2, 0) is 4.79 Å². The summed E-state index contributed by atoms with van der Waals surface area (Å²) in [6.07, 6.45) is 0. The van der Waals surface area contributed by atoms with Gasteiger partial charge in [0.2, 0.25) is 0 Å². The van der Waals surface area contributed by atoms with Crippen molar-refractivity contribution in [3.8, 4) is 5.75 Å². The molecule has 0 saturated heterocycles. The quantitative estimate of drug-likeness (QED) is 0.665. The van der Waals surface area contributed by atoms with Crippen molar-refractivity contribution in [1.29, 1.82) is 0 Å². The fraction of sp³-hybridized carbons (Fsp3) is 0.0909. The Morgan fingerprint density at radius 3 is 1.88 bits per heavy atom. The highest BCUT2D eigenvalue weighted by Crippen LogP contribution is 2.14. The molecule has 0 aliphatic carbocycles. The van der Waals surface area contributed by atoms with E-state index in [1.807, 2.05) is 0 Å². The Morgan fingerprint density at radius 1 is 1.19 bits per heavy atom. The van der Waals surface area contributed by atoms with Gasteiger partial charge in [0.15, 0.2) is 0 Å². The largest absolute Gasteiger partial charge is 0.507 e. The van der Waals surface area contributed by atoms with Crippen LogP contribution in [0.4, 0.5) is 0 Å². The molecule has 0 bridgehead atoms. The molecule has 5 heteroatoms. The van der Waals surface area contributed by atoms with E-state index in [1.54, 1.807) is 12.1 Å². The number of rotatable bonds is 2. The van der Waals surface area contributed by atoms with Crippen molar-refractivity contribution in [2.75, 3.05) is 0 Å². The molecule has 0 saturated carbocycles. The van der Waals surface area contributed by atoms with Gasteiger partial charge in [-0.3, -0.25) is 0 Å². The fourth-order valence-electron chi connectivity index (χ4n) is 0.654. The topological polar surface area (TPSA) is 94.8 Å². The van der Waals surface area contributed by atoms with E-state index < -0.39 is 11.9 Å². The SMILES string of the molecule is C=C(C)C(=O)O.O=C(O)c1ccccc1O. The van der Waals surface area contributed by atoms with Crippen LogP contribution >= 0.6 is 0 Å². The molecule has 0 aliphatic rings. The molecule has 0 heterocycles. The summed E-state index contributed by atoms with van der Waals surface area (Å²) in [7, 11) is 0. The number of benzene rings is 1. The highest BCUT2D eigenvalue weighted by molar-refractivity contribution is 5.90. The van der Waals surface area contributed by atoms with E-state index >= 15 is 0 Å². The van der Waals surface area contributed by atoms with Crippen LogP contribution in [0.5, 0.6) is 5.75 Å². The summed E-state index contributed by atoms with van der Waals surface area (Å²) < 4.78 is 0. The molecule has 0 fully saturated rings. The first-order chi connectivity index (χ1) is 7.36. The third-order valence-electron chi connectivity index (χ3n) is 1.50. The van der Waals surface area contributed by atoms with Gasteiger partial charge in [-0.25, -0.2) is 9.59 Å². The summed E-state index contributed by atoms with van der Waals surface area (Å²) in [6, 6.07) is 5.81. The molecule has 3 N–H and O–H groups in total. The maximum Gasteiger partial charge on any atom is 0.339 e. The molecule has 1 rings (SSSR count). The molecule has 1 aromatic rings. The molecule has 0 radical (unpaired) electrons. The Balaban J connectivity index is 0.000000325. The van der Waals surface area contributed by atoms with Crippen LogP contribution in [-0.4, -0.2) is 27.3 Å². The van der Waals surface area contributed by atoms with E-state index in [9.17, 15) is 9.59 Å². The number of aromatic carboxylic acids is 1. The minimum absolute atomic E-state index is 0.0671. The zero-order chi connectivity index (χ0) is 12.7. The smallest absolute Gasteiger partial charge is 0.339 e. The number of carboxylic acid groups (broad SMARTS) is 2. The van der Waals surface area contributed by atoms with Crippen molar-refractivity contribution in [1.82, 2.24) is 0 Å². The minimum atomic E-state index is -1.11. The van der Waals surface area contributed by atoms with E-state index in [0.29, 0.717) is 0 Å². The van der Waals surface area contributed by atoms with Gasteiger partial charge in [0.25, 0.3) is 0 Å². The van der Waals surface area contributed by atoms with E-state index in [1.165, 1.54) is 19.1 Å².